The zero-order valence-electron chi connectivity index (χ0n) is 15.3. The second kappa shape index (κ2) is 5.31. The van der Waals surface area contributed by atoms with Crippen molar-refractivity contribution in [3.8, 4) is 0 Å². The Labute approximate surface area is 152 Å². The van der Waals surface area contributed by atoms with Crippen molar-refractivity contribution in [1.29, 1.82) is 0 Å². The van der Waals surface area contributed by atoms with Gasteiger partial charge in [0.2, 0.25) is 0 Å². The Hall–Kier alpha value is -2.88. The van der Waals surface area contributed by atoms with Crippen LogP contribution in [0, 0.1) is 0 Å². The number of methoxy groups -OCH3 is 2. The summed E-state index contributed by atoms with van der Waals surface area (Å²) >= 11 is 0. The van der Waals surface area contributed by atoms with Gasteiger partial charge in [-0.25, -0.2) is 9.59 Å². The quantitative estimate of drug-likeness (QED) is 0.782. The first-order chi connectivity index (χ1) is 12.4. The van der Waals surface area contributed by atoms with Crippen molar-refractivity contribution in [2.75, 3.05) is 14.2 Å². The van der Waals surface area contributed by atoms with Crippen LogP contribution in [0.4, 0.5) is 0 Å². The van der Waals surface area contributed by atoms with Crippen LogP contribution in [0.3, 0.4) is 0 Å². The summed E-state index contributed by atoms with van der Waals surface area (Å²) in [7, 11) is 2.69. The van der Waals surface area contributed by atoms with Crippen LogP contribution in [0.25, 0.3) is 0 Å². The molecule has 4 nitrogen and oxygen atoms in total. The molecule has 2 aromatic rings. The van der Waals surface area contributed by atoms with Crippen molar-refractivity contribution in [2.45, 2.75) is 24.7 Å². The van der Waals surface area contributed by atoms with Crippen molar-refractivity contribution < 1.29 is 19.1 Å². The molecule has 0 heterocycles. The first kappa shape index (κ1) is 16.6. The lowest BCUT2D eigenvalue weighted by atomic mass is 9.48. The van der Waals surface area contributed by atoms with E-state index in [2.05, 4.69) is 0 Å². The van der Waals surface area contributed by atoms with Gasteiger partial charge >= 0.3 is 11.9 Å². The molecule has 3 aliphatic rings. The Bertz CT molecular complexity index is 858. The molecule has 5 rings (SSSR count). The van der Waals surface area contributed by atoms with Gasteiger partial charge in [0.15, 0.2) is 0 Å². The van der Waals surface area contributed by atoms with E-state index in [1.165, 1.54) is 14.2 Å². The summed E-state index contributed by atoms with van der Waals surface area (Å²) in [5.41, 5.74) is 3.27. The lowest BCUT2D eigenvalue weighted by molar-refractivity contribution is -0.140. The van der Waals surface area contributed by atoms with Crippen molar-refractivity contribution in [3.63, 3.8) is 0 Å². The maximum absolute atomic E-state index is 12.9. The Morgan fingerprint density at radius 2 is 0.923 bits per heavy atom. The lowest BCUT2D eigenvalue weighted by Crippen LogP contribution is -2.52. The number of carbonyl (C=O) groups is 2. The van der Waals surface area contributed by atoms with Crippen LogP contribution in [0.1, 0.15) is 36.1 Å². The molecule has 3 aliphatic carbocycles. The van der Waals surface area contributed by atoms with Gasteiger partial charge in [0.25, 0.3) is 0 Å². The van der Waals surface area contributed by atoms with Gasteiger partial charge in [0.05, 0.1) is 36.2 Å². The molecule has 0 unspecified atom stereocenters. The Balaban J connectivity index is 2.23. The van der Waals surface area contributed by atoms with Gasteiger partial charge in [0.1, 0.15) is 0 Å². The molecule has 2 bridgehead atoms. The Morgan fingerprint density at radius 3 is 1.15 bits per heavy atom. The molecular formula is C22H20O4. The molecular weight excluding hydrogens is 328 g/mol. The third-order valence-electron chi connectivity index (χ3n) is 6.04. The minimum Gasteiger partial charge on any atom is -0.466 e. The highest BCUT2D eigenvalue weighted by Crippen LogP contribution is 2.61. The van der Waals surface area contributed by atoms with E-state index < -0.39 is 22.8 Å². The smallest absolute Gasteiger partial charge is 0.335 e. The standard InChI is InChI=1S/C22H20O4/c1-21-13-9-5-7-11-15(13)22(2,16-12-8-6-10-14(16)21)18(20(24)26-4)17(21)19(23)25-3/h5-12H,1-4H3. The fraction of sp³-hybridized carbons (Fsp3) is 0.273. The highest BCUT2D eigenvalue weighted by atomic mass is 16.5. The number of hydrogen-bond donors (Lipinski definition) is 0. The maximum atomic E-state index is 12.9. The van der Waals surface area contributed by atoms with Gasteiger partial charge in [0, 0.05) is 0 Å². The summed E-state index contributed by atoms with van der Waals surface area (Å²) in [4.78, 5) is 25.7. The molecule has 132 valence electrons. The molecule has 4 heteroatoms. The number of carbonyl (C=O) groups excluding carboxylic acids is 2. The molecule has 0 aliphatic heterocycles. The summed E-state index contributed by atoms with van der Waals surface area (Å²) in [6.07, 6.45) is 0. The van der Waals surface area contributed by atoms with Crippen LogP contribution in [-0.4, -0.2) is 26.2 Å². The minimum atomic E-state index is -0.776. The van der Waals surface area contributed by atoms with Gasteiger partial charge in [-0.1, -0.05) is 48.5 Å². The summed E-state index contributed by atoms with van der Waals surface area (Å²) in [5, 5.41) is 0. The highest BCUT2D eigenvalue weighted by Gasteiger charge is 2.60. The molecule has 0 fully saturated rings. The summed E-state index contributed by atoms with van der Waals surface area (Å²) in [6, 6.07) is 16.0. The Morgan fingerprint density at radius 1 is 0.654 bits per heavy atom. The van der Waals surface area contributed by atoms with Crippen molar-refractivity contribution in [3.05, 3.63) is 81.9 Å². The number of ether oxygens (including phenoxy) is 2. The van der Waals surface area contributed by atoms with E-state index in [9.17, 15) is 9.59 Å². The van der Waals surface area contributed by atoms with E-state index in [-0.39, 0.29) is 0 Å². The van der Waals surface area contributed by atoms with E-state index in [4.69, 9.17) is 9.47 Å². The fourth-order valence-corrected chi connectivity index (χ4v) is 4.86. The van der Waals surface area contributed by atoms with Crippen LogP contribution >= 0.6 is 0 Å². The summed E-state index contributed by atoms with van der Waals surface area (Å²) in [6.45, 7) is 3.97. The molecule has 0 saturated carbocycles. The zero-order chi connectivity index (χ0) is 18.7. The number of rotatable bonds is 2. The van der Waals surface area contributed by atoms with Crippen LogP contribution in [0.5, 0.6) is 0 Å². The first-order valence-electron chi connectivity index (χ1n) is 8.54. The van der Waals surface area contributed by atoms with Gasteiger partial charge in [-0.3, -0.25) is 0 Å². The monoisotopic (exact) mass is 348 g/mol. The van der Waals surface area contributed by atoms with Crippen molar-refractivity contribution in [1.82, 2.24) is 0 Å². The van der Waals surface area contributed by atoms with E-state index >= 15 is 0 Å². The molecule has 0 radical (unpaired) electrons. The highest BCUT2D eigenvalue weighted by molar-refractivity contribution is 6.08. The fourth-order valence-electron chi connectivity index (χ4n) is 4.86. The number of esters is 2. The molecule has 0 N–H and O–H groups in total. The predicted molar refractivity (Wildman–Crippen MR) is 96.9 cm³/mol. The molecule has 26 heavy (non-hydrogen) atoms. The van der Waals surface area contributed by atoms with Crippen LogP contribution in [0.15, 0.2) is 59.7 Å². The summed E-state index contributed by atoms with van der Waals surface area (Å²) in [5.74, 6) is -0.994. The van der Waals surface area contributed by atoms with Gasteiger partial charge in [-0.05, 0) is 36.1 Å². The normalized spacial score (nSPS) is 25.4. The number of benzene rings is 2. The molecule has 0 saturated heterocycles. The topological polar surface area (TPSA) is 52.6 Å². The average Bonchev–Trinajstić information content (AvgIpc) is 2.68. The zero-order valence-corrected chi connectivity index (χ0v) is 15.3. The third-order valence-corrected chi connectivity index (χ3v) is 6.04. The SMILES string of the molecule is COC(=O)C1=C(C(=O)OC)C2(C)c3ccccc3C1(C)c1ccccc12. The Kier molecular flexibility index (Phi) is 3.38. The van der Waals surface area contributed by atoms with Crippen molar-refractivity contribution in [2.24, 2.45) is 0 Å². The van der Waals surface area contributed by atoms with Gasteiger partial charge in [-0.15, -0.1) is 0 Å². The molecule has 0 spiro atoms. The molecule has 0 atom stereocenters. The lowest BCUT2D eigenvalue weighted by Gasteiger charge is -2.53. The van der Waals surface area contributed by atoms with Crippen molar-refractivity contribution >= 4 is 11.9 Å². The maximum Gasteiger partial charge on any atom is 0.335 e. The van der Waals surface area contributed by atoms with E-state index in [0.29, 0.717) is 11.1 Å². The average molecular weight is 348 g/mol. The largest absolute Gasteiger partial charge is 0.466 e. The van der Waals surface area contributed by atoms with Crippen LogP contribution in [-0.2, 0) is 29.9 Å². The third kappa shape index (κ3) is 1.69. The second-order valence-corrected chi connectivity index (χ2v) is 7.07. The first-order valence-corrected chi connectivity index (χ1v) is 8.54. The number of hydrogen-bond acceptors (Lipinski definition) is 4. The van der Waals surface area contributed by atoms with E-state index in [1.807, 2.05) is 62.4 Å². The molecule has 2 aromatic carbocycles. The molecule has 0 aromatic heterocycles. The van der Waals surface area contributed by atoms with Crippen LogP contribution in [0.2, 0.25) is 0 Å². The van der Waals surface area contributed by atoms with E-state index in [0.717, 1.165) is 22.3 Å². The van der Waals surface area contributed by atoms with Gasteiger partial charge < -0.3 is 9.47 Å². The molecule has 0 amide bonds. The van der Waals surface area contributed by atoms with E-state index in [1.54, 1.807) is 0 Å². The second-order valence-electron chi connectivity index (χ2n) is 7.07. The summed E-state index contributed by atoms with van der Waals surface area (Å²) < 4.78 is 10.2. The van der Waals surface area contributed by atoms with Gasteiger partial charge in [-0.2, -0.15) is 0 Å². The predicted octanol–water partition coefficient (Wildman–Crippen LogP) is 3.27. The minimum absolute atomic E-state index is 0.367. The van der Waals surface area contributed by atoms with Crippen LogP contribution < -0.4 is 0 Å².